The fourth-order valence-electron chi connectivity index (χ4n) is 1.09. The van der Waals surface area contributed by atoms with Gasteiger partial charge in [0.05, 0.1) is 5.39 Å². The summed E-state index contributed by atoms with van der Waals surface area (Å²) in [6.45, 7) is 1.90. The molecule has 11 heavy (non-hydrogen) atoms. The summed E-state index contributed by atoms with van der Waals surface area (Å²) in [6, 6.07) is 1.83. The number of pyridine rings is 1. The van der Waals surface area contributed by atoms with Gasteiger partial charge in [0.25, 0.3) is 0 Å². The van der Waals surface area contributed by atoms with Crippen LogP contribution in [-0.4, -0.2) is 20.3 Å². The van der Waals surface area contributed by atoms with Gasteiger partial charge in [-0.15, -0.1) is 5.10 Å². The van der Waals surface area contributed by atoms with Crippen molar-refractivity contribution in [3.05, 3.63) is 17.8 Å². The van der Waals surface area contributed by atoms with Crippen LogP contribution in [0.2, 0.25) is 0 Å². The molecule has 0 aliphatic heterocycles. The maximum Gasteiger partial charge on any atom is 0.240 e. The van der Waals surface area contributed by atoms with Gasteiger partial charge in [-0.1, -0.05) is 0 Å². The molecule has 4 nitrogen and oxygen atoms in total. The average molecular weight is 149 g/mol. The smallest absolute Gasteiger partial charge is 0.240 e. The molecule has 4 heteroatoms. The van der Waals surface area contributed by atoms with Crippen LogP contribution in [0.3, 0.4) is 0 Å². The maximum absolute atomic E-state index is 9.21. The van der Waals surface area contributed by atoms with Crippen LogP contribution >= 0.6 is 0 Å². The molecule has 2 rings (SSSR count). The molecule has 2 aromatic rings. The van der Waals surface area contributed by atoms with Crippen LogP contribution in [0.4, 0.5) is 0 Å². The number of nitrogens with one attached hydrogen (secondary N) is 1. The number of hydrogen-bond acceptors (Lipinski definition) is 3. The molecule has 0 amide bonds. The minimum absolute atomic E-state index is 0.0191. The van der Waals surface area contributed by atoms with Crippen molar-refractivity contribution in [3.8, 4) is 5.88 Å². The first-order valence-corrected chi connectivity index (χ1v) is 3.27. The number of rotatable bonds is 0. The van der Waals surface area contributed by atoms with Crippen LogP contribution in [0.1, 0.15) is 5.56 Å². The van der Waals surface area contributed by atoms with Crippen molar-refractivity contribution in [1.82, 2.24) is 15.2 Å². The highest BCUT2D eigenvalue weighted by molar-refractivity contribution is 5.83. The van der Waals surface area contributed by atoms with E-state index in [1.165, 1.54) is 0 Å². The van der Waals surface area contributed by atoms with Gasteiger partial charge in [0.2, 0.25) is 5.88 Å². The third kappa shape index (κ3) is 0.756. The van der Waals surface area contributed by atoms with Crippen molar-refractivity contribution in [1.29, 1.82) is 0 Å². The number of aromatic nitrogens is 3. The van der Waals surface area contributed by atoms with E-state index in [-0.39, 0.29) is 5.88 Å². The predicted octanol–water partition coefficient (Wildman–Crippen LogP) is 0.972. The Bertz CT molecular complexity index is 393. The molecule has 0 aromatic carbocycles. The van der Waals surface area contributed by atoms with E-state index >= 15 is 0 Å². The monoisotopic (exact) mass is 149 g/mol. The Kier molecular flexibility index (Phi) is 1.09. The van der Waals surface area contributed by atoms with Crippen molar-refractivity contribution in [2.45, 2.75) is 6.92 Å². The Labute approximate surface area is 62.9 Å². The third-order valence-corrected chi connectivity index (χ3v) is 1.65. The van der Waals surface area contributed by atoms with Crippen molar-refractivity contribution in [2.24, 2.45) is 0 Å². The van der Waals surface area contributed by atoms with Crippen LogP contribution in [0, 0.1) is 6.92 Å². The van der Waals surface area contributed by atoms with Crippen molar-refractivity contribution < 1.29 is 5.11 Å². The van der Waals surface area contributed by atoms with Crippen molar-refractivity contribution in [3.63, 3.8) is 0 Å². The van der Waals surface area contributed by atoms with Gasteiger partial charge in [-0.2, -0.15) is 0 Å². The number of aromatic hydroxyl groups is 1. The molecule has 2 aromatic heterocycles. The number of nitrogens with zero attached hydrogens (tertiary/aromatic N) is 2. The molecule has 0 atom stereocenters. The molecule has 56 valence electrons. The number of hydrogen-bond donors (Lipinski definition) is 2. The summed E-state index contributed by atoms with van der Waals surface area (Å²) >= 11 is 0. The molecule has 0 aliphatic carbocycles. The third-order valence-electron chi connectivity index (χ3n) is 1.65. The van der Waals surface area contributed by atoms with E-state index in [9.17, 15) is 5.11 Å². The molecular weight excluding hydrogens is 142 g/mol. The largest absolute Gasteiger partial charge is 0.492 e. The first-order valence-electron chi connectivity index (χ1n) is 3.27. The molecule has 0 saturated heterocycles. The molecule has 2 N–H and O–H groups in total. The van der Waals surface area contributed by atoms with Crippen LogP contribution in [-0.2, 0) is 0 Å². The van der Waals surface area contributed by atoms with E-state index in [0.29, 0.717) is 11.0 Å². The molecule has 0 bridgehead atoms. The summed E-state index contributed by atoms with van der Waals surface area (Å²) in [5.74, 6) is 0.0191. The van der Waals surface area contributed by atoms with E-state index in [1.54, 1.807) is 6.20 Å². The normalized spacial score (nSPS) is 10.6. The highest BCUT2D eigenvalue weighted by atomic mass is 16.3. The summed E-state index contributed by atoms with van der Waals surface area (Å²) in [5, 5.41) is 16.2. The van der Waals surface area contributed by atoms with E-state index in [0.717, 1.165) is 5.56 Å². The topological polar surface area (TPSA) is 61.8 Å². The lowest BCUT2D eigenvalue weighted by Crippen LogP contribution is -1.77. The van der Waals surface area contributed by atoms with Crippen LogP contribution < -0.4 is 0 Å². The van der Waals surface area contributed by atoms with Crippen LogP contribution in [0.15, 0.2) is 12.3 Å². The lowest BCUT2D eigenvalue weighted by molar-refractivity contribution is 0.457. The molecule has 0 fully saturated rings. The standard InChI is InChI=1S/C7H7N3O/c1-4-2-3-8-6-5(4)7(11)10-9-6/h2-3H,1H3,(H2,8,9,10,11). The quantitative estimate of drug-likeness (QED) is 0.586. The van der Waals surface area contributed by atoms with Crippen LogP contribution in [0.25, 0.3) is 11.0 Å². The summed E-state index contributed by atoms with van der Waals surface area (Å²) in [5.41, 5.74) is 1.60. The lowest BCUT2D eigenvalue weighted by Gasteiger charge is -1.91. The Morgan fingerprint density at radius 3 is 3.09 bits per heavy atom. The second kappa shape index (κ2) is 1.95. The zero-order chi connectivity index (χ0) is 7.84. The summed E-state index contributed by atoms with van der Waals surface area (Å²) < 4.78 is 0. The van der Waals surface area contributed by atoms with Gasteiger partial charge in [-0.05, 0) is 18.6 Å². The zero-order valence-electron chi connectivity index (χ0n) is 6.00. The Balaban J connectivity index is 2.96. The average Bonchev–Trinajstić information content (AvgIpc) is 2.34. The Hall–Kier alpha value is -1.58. The second-order valence-corrected chi connectivity index (χ2v) is 2.40. The lowest BCUT2D eigenvalue weighted by atomic mass is 10.2. The first kappa shape index (κ1) is 6.15. The maximum atomic E-state index is 9.21. The van der Waals surface area contributed by atoms with Crippen molar-refractivity contribution in [2.75, 3.05) is 0 Å². The molecule has 2 heterocycles. The Morgan fingerprint density at radius 2 is 2.36 bits per heavy atom. The molecule has 0 unspecified atom stereocenters. The minimum Gasteiger partial charge on any atom is -0.492 e. The number of aryl methyl sites for hydroxylation is 1. The van der Waals surface area contributed by atoms with Gasteiger partial charge in [0.15, 0.2) is 5.65 Å². The van der Waals surface area contributed by atoms with Gasteiger partial charge in [0, 0.05) is 6.20 Å². The molecule has 0 radical (unpaired) electrons. The van der Waals surface area contributed by atoms with Crippen molar-refractivity contribution >= 4 is 11.0 Å². The molecule has 0 aliphatic rings. The molecule has 0 saturated carbocycles. The van der Waals surface area contributed by atoms with Gasteiger partial charge >= 0.3 is 0 Å². The van der Waals surface area contributed by atoms with Gasteiger partial charge in [-0.25, -0.2) is 4.98 Å². The fourth-order valence-corrected chi connectivity index (χ4v) is 1.09. The number of fused-ring (bicyclic) bond motifs is 1. The summed E-state index contributed by atoms with van der Waals surface area (Å²) in [6.07, 6.45) is 1.68. The van der Waals surface area contributed by atoms with E-state index < -0.39 is 0 Å². The Morgan fingerprint density at radius 1 is 1.55 bits per heavy atom. The number of H-pyrrole nitrogens is 1. The highest BCUT2D eigenvalue weighted by Crippen LogP contribution is 2.22. The van der Waals surface area contributed by atoms with Gasteiger partial charge in [0.1, 0.15) is 0 Å². The van der Waals surface area contributed by atoms with E-state index in [2.05, 4.69) is 15.2 Å². The predicted molar refractivity (Wildman–Crippen MR) is 40.3 cm³/mol. The second-order valence-electron chi connectivity index (χ2n) is 2.40. The van der Waals surface area contributed by atoms with E-state index in [4.69, 9.17) is 0 Å². The van der Waals surface area contributed by atoms with Gasteiger partial charge in [-0.3, -0.25) is 5.10 Å². The van der Waals surface area contributed by atoms with Crippen LogP contribution in [0.5, 0.6) is 5.88 Å². The van der Waals surface area contributed by atoms with Gasteiger partial charge < -0.3 is 5.11 Å². The summed E-state index contributed by atoms with van der Waals surface area (Å²) in [4.78, 5) is 3.98. The highest BCUT2D eigenvalue weighted by Gasteiger charge is 2.05. The minimum atomic E-state index is 0.0191. The first-order chi connectivity index (χ1) is 5.29. The summed E-state index contributed by atoms with van der Waals surface area (Å²) in [7, 11) is 0. The van der Waals surface area contributed by atoms with E-state index in [1.807, 2.05) is 13.0 Å². The SMILES string of the molecule is Cc1ccnc2[nH]nc(O)c12. The molecular formula is C7H7N3O. The zero-order valence-corrected chi connectivity index (χ0v) is 6.00. The number of aromatic amines is 1. The molecule has 0 spiro atoms. The fraction of sp³-hybridized carbons (Fsp3) is 0.143.